The first-order valence-electron chi connectivity index (χ1n) is 1.90. The van der Waals surface area contributed by atoms with Crippen molar-refractivity contribution in [2.45, 2.75) is 20.3 Å². The summed E-state index contributed by atoms with van der Waals surface area (Å²) in [5.74, 6) is 0. The van der Waals surface area contributed by atoms with Gasteiger partial charge in [-0.25, -0.2) is 0 Å². The van der Waals surface area contributed by atoms with Gasteiger partial charge in [-0.2, -0.15) is 6.92 Å². The predicted octanol–water partition coefficient (Wildman–Crippen LogP) is -1.22. The summed E-state index contributed by atoms with van der Waals surface area (Å²) in [6.45, 7) is 4.00. The Morgan fingerprint density at radius 2 is 2.17 bits per heavy atom. The molecule has 0 aliphatic carbocycles. The minimum Gasteiger partial charge on any atom is -0.504 e. The van der Waals surface area contributed by atoms with Crippen molar-refractivity contribution in [1.82, 2.24) is 0 Å². The fourth-order valence-electron chi connectivity index (χ4n) is 0.204. The molecule has 6 heavy (non-hydrogen) atoms. The summed E-state index contributed by atoms with van der Waals surface area (Å²) in [5, 5.41) is 0. The monoisotopic (exact) mass is 76.1 g/mol. The number of allylic oxidation sites excluding steroid dienone is 2. The molecule has 0 bridgehead atoms. The third kappa shape index (κ3) is 8.84. The van der Waals surface area contributed by atoms with E-state index in [1.807, 2.05) is 13.0 Å². The molecule has 0 aromatic rings. The maximum atomic E-state index is 2.89. The van der Waals surface area contributed by atoms with E-state index in [9.17, 15) is 0 Å². The van der Waals surface area contributed by atoms with Crippen LogP contribution in [0.5, 0.6) is 0 Å². The van der Waals surface area contributed by atoms with Gasteiger partial charge < -0.3 is 6.08 Å². The maximum absolute atomic E-state index is 2.89. The standard InChI is InChI=1S/C5H9.Li/c1-3-5-4-2;/h5H,3H2,1-2H3;/q-1;+1. The first-order chi connectivity index (χ1) is 2.41. The zero-order valence-corrected chi connectivity index (χ0v) is 4.78. The first-order valence-corrected chi connectivity index (χ1v) is 1.90. The van der Waals surface area contributed by atoms with Crippen LogP contribution in [0.3, 0.4) is 0 Å². The maximum Gasteiger partial charge on any atom is 1.00 e. The Labute approximate surface area is 51.8 Å². The molecule has 0 amide bonds. The van der Waals surface area contributed by atoms with E-state index in [0.717, 1.165) is 6.42 Å². The quantitative estimate of drug-likeness (QED) is 0.271. The van der Waals surface area contributed by atoms with Gasteiger partial charge in [0.15, 0.2) is 0 Å². The Balaban J connectivity index is 0. The van der Waals surface area contributed by atoms with Crippen LogP contribution in [0.15, 0.2) is 6.08 Å². The normalized spacial score (nSPS) is 8.33. The third-order valence-electron chi connectivity index (χ3n) is 0.408. The molecule has 0 aliphatic heterocycles. The largest absolute Gasteiger partial charge is 1.00 e. The van der Waals surface area contributed by atoms with Gasteiger partial charge in [0, 0.05) is 0 Å². The molecule has 0 aliphatic rings. The summed E-state index contributed by atoms with van der Waals surface area (Å²) >= 11 is 0. The van der Waals surface area contributed by atoms with E-state index >= 15 is 0 Å². The van der Waals surface area contributed by atoms with E-state index in [4.69, 9.17) is 0 Å². The van der Waals surface area contributed by atoms with Crippen LogP contribution in [-0.4, -0.2) is 0 Å². The molecule has 30 valence electrons. The van der Waals surface area contributed by atoms with Crippen LogP contribution in [0.25, 0.3) is 0 Å². The van der Waals surface area contributed by atoms with E-state index in [2.05, 4.69) is 13.0 Å². The third-order valence-corrected chi connectivity index (χ3v) is 0.408. The Hall–Kier alpha value is 0.337. The average molecular weight is 76.1 g/mol. The summed E-state index contributed by atoms with van der Waals surface area (Å²) in [6, 6.07) is 0. The van der Waals surface area contributed by atoms with Gasteiger partial charge in [-0.1, -0.05) is 13.3 Å². The fraction of sp³-hybridized carbons (Fsp3) is 0.600. The zero-order chi connectivity index (χ0) is 4.12. The summed E-state index contributed by atoms with van der Waals surface area (Å²) in [5.41, 5.74) is 0. The minimum absolute atomic E-state index is 0. The molecule has 0 nitrogen and oxygen atoms in total. The van der Waals surface area contributed by atoms with Crippen LogP contribution in [0.4, 0.5) is 0 Å². The first kappa shape index (κ1) is 9.60. The van der Waals surface area contributed by atoms with E-state index in [-0.39, 0.29) is 18.9 Å². The second-order valence-electron chi connectivity index (χ2n) is 0.901. The van der Waals surface area contributed by atoms with Crippen molar-refractivity contribution in [2.75, 3.05) is 0 Å². The van der Waals surface area contributed by atoms with E-state index in [0.29, 0.717) is 0 Å². The Bertz CT molecular complexity index is 30.9. The van der Waals surface area contributed by atoms with Crippen molar-refractivity contribution < 1.29 is 18.9 Å². The molecule has 0 radical (unpaired) electrons. The molecule has 0 aromatic carbocycles. The van der Waals surface area contributed by atoms with E-state index in [1.54, 1.807) is 0 Å². The van der Waals surface area contributed by atoms with Crippen molar-refractivity contribution in [1.29, 1.82) is 0 Å². The summed E-state index contributed by atoms with van der Waals surface area (Å²) < 4.78 is 0. The van der Waals surface area contributed by atoms with Gasteiger partial charge in [0.25, 0.3) is 0 Å². The predicted molar refractivity (Wildman–Crippen MR) is 23.8 cm³/mol. The molecule has 0 heterocycles. The smallest absolute Gasteiger partial charge is 0.504 e. The van der Waals surface area contributed by atoms with E-state index < -0.39 is 0 Å². The van der Waals surface area contributed by atoms with Crippen LogP contribution < -0.4 is 18.9 Å². The van der Waals surface area contributed by atoms with Gasteiger partial charge >= 0.3 is 18.9 Å². The molecule has 1 heteroatoms. The molecule has 0 saturated carbocycles. The van der Waals surface area contributed by atoms with Crippen LogP contribution in [0.1, 0.15) is 20.3 Å². The molecular formula is C5H9Li. The Morgan fingerprint density at radius 3 is 2.17 bits per heavy atom. The van der Waals surface area contributed by atoms with Gasteiger partial charge in [0.05, 0.1) is 0 Å². The molecule has 0 unspecified atom stereocenters. The van der Waals surface area contributed by atoms with Crippen molar-refractivity contribution >= 4 is 0 Å². The molecular weight excluding hydrogens is 67.0 g/mol. The van der Waals surface area contributed by atoms with Crippen LogP contribution in [-0.2, 0) is 0 Å². The molecule has 0 fully saturated rings. The molecule has 0 atom stereocenters. The van der Waals surface area contributed by atoms with Crippen LogP contribution in [0, 0.1) is 6.08 Å². The van der Waals surface area contributed by atoms with Crippen LogP contribution in [0.2, 0.25) is 0 Å². The molecule has 0 aromatic heterocycles. The average Bonchev–Trinajstić information content (AvgIpc) is 1.41. The van der Waals surface area contributed by atoms with Crippen molar-refractivity contribution in [3.05, 3.63) is 12.2 Å². The van der Waals surface area contributed by atoms with Gasteiger partial charge in [0.1, 0.15) is 0 Å². The number of hydrogen-bond donors (Lipinski definition) is 0. The van der Waals surface area contributed by atoms with Crippen molar-refractivity contribution in [3.8, 4) is 0 Å². The zero-order valence-electron chi connectivity index (χ0n) is 4.78. The van der Waals surface area contributed by atoms with Crippen molar-refractivity contribution in [2.24, 2.45) is 0 Å². The minimum atomic E-state index is 0. The molecule has 0 saturated heterocycles. The van der Waals surface area contributed by atoms with Gasteiger partial charge in [-0.05, 0) is 0 Å². The fourth-order valence-corrected chi connectivity index (χ4v) is 0.204. The Kier molecular flexibility index (Phi) is 14.4. The number of rotatable bonds is 1. The van der Waals surface area contributed by atoms with E-state index in [1.165, 1.54) is 0 Å². The molecule has 0 rings (SSSR count). The SMILES string of the molecule is C[C-]=CCC.[Li+]. The van der Waals surface area contributed by atoms with Gasteiger partial charge in [0.2, 0.25) is 0 Å². The topological polar surface area (TPSA) is 0 Å². The summed E-state index contributed by atoms with van der Waals surface area (Å²) in [6.07, 6.45) is 6.00. The second-order valence-corrected chi connectivity index (χ2v) is 0.901. The number of hydrogen-bond acceptors (Lipinski definition) is 0. The molecule has 0 N–H and O–H groups in total. The summed E-state index contributed by atoms with van der Waals surface area (Å²) in [7, 11) is 0. The molecule has 0 spiro atoms. The van der Waals surface area contributed by atoms with Crippen molar-refractivity contribution in [3.63, 3.8) is 0 Å². The summed E-state index contributed by atoms with van der Waals surface area (Å²) in [4.78, 5) is 0. The van der Waals surface area contributed by atoms with Gasteiger partial charge in [-0.3, -0.25) is 6.08 Å². The van der Waals surface area contributed by atoms with Gasteiger partial charge in [-0.15, -0.1) is 0 Å². The Morgan fingerprint density at radius 1 is 1.67 bits per heavy atom. The van der Waals surface area contributed by atoms with Crippen LogP contribution >= 0.6 is 0 Å². The second kappa shape index (κ2) is 9.02.